The van der Waals surface area contributed by atoms with E-state index in [9.17, 15) is 9.18 Å². The molecule has 5 atom stereocenters. The van der Waals surface area contributed by atoms with E-state index < -0.39 is 5.97 Å². The molecule has 3 fully saturated rings. The predicted molar refractivity (Wildman–Crippen MR) is 65.4 cm³/mol. The standard InChI is InChI=1S/C14H20FNO2/c15-6-9-4-12-10-3-8(9)1-2-11(10)14(12,7-16)5-13(17)18/h6,8,10-12H,1-5,7,16H2,(H,17,18)/b9-6+/t8-,10-,11+,12-,14-/m1/s1. The third-order valence-electron chi connectivity index (χ3n) is 5.87. The Morgan fingerprint density at radius 2 is 2.28 bits per heavy atom. The van der Waals surface area contributed by atoms with Crippen LogP contribution in [0.5, 0.6) is 0 Å². The van der Waals surface area contributed by atoms with E-state index in [0.717, 1.165) is 37.6 Å². The first-order valence-electron chi connectivity index (χ1n) is 6.83. The van der Waals surface area contributed by atoms with Crippen LogP contribution in [0.4, 0.5) is 4.39 Å². The first kappa shape index (κ1) is 12.2. The van der Waals surface area contributed by atoms with Crippen LogP contribution in [0, 0.1) is 29.1 Å². The van der Waals surface area contributed by atoms with Crippen LogP contribution in [0.25, 0.3) is 0 Å². The maximum Gasteiger partial charge on any atom is 0.303 e. The van der Waals surface area contributed by atoms with E-state index in [2.05, 4.69) is 0 Å². The molecule has 0 heterocycles. The number of aliphatic carboxylic acids is 1. The number of allylic oxidation sites excluding steroid dienone is 1. The van der Waals surface area contributed by atoms with Gasteiger partial charge in [0.15, 0.2) is 0 Å². The number of hydrogen-bond donors (Lipinski definition) is 2. The van der Waals surface area contributed by atoms with Crippen molar-refractivity contribution in [2.45, 2.75) is 32.1 Å². The Labute approximate surface area is 106 Å². The van der Waals surface area contributed by atoms with E-state index in [1.54, 1.807) is 0 Å². The van der Waals surface area contributed by atoms with E-state index in [0.29, 0.717) is 30.2 Å². The minimum Gasteiger partial charge on any atom is -0.481 e. The zero-order valence-electron chi connectivity index (χ0n) is 10.4. The molecule has 100 valence electrons. The van der Waals surface area contributed by atoms with Crippen LogP contribution in [-0.2, 0) is 4.79 Å². The fourth-order valence-electron chi connectivity index (χ4n) is 5.11. The summed E-state index contributed by atoms with van der Waals surface area (Å²) < 4.78 is 13.0. The van der Waals surface area contributed by atoms with Gasteiger partial charge < -0.3 is 10.8 Å². The van der Waals surface area contributed by atoms with Gasteiger partial charge in [0.05, 0.1) is 12.8 Å². The van der Waals surface area contributed by atoms with Crippen molar-refractivity contribution in [1.29, 1.82) is 0 Å². The van der Waals surface area contributed by atoms with Gasteiger partial charge in [-0.2, -0.15) is 0 Å². The van der Waals surface area contributed by atoms with E-state index in [1.165, 1.54) is 0 Å². The number of carbonyl (C=O) groups is 1. The second-order valence-electron chi connectivity index (χ2n) is 6.28. The molecule has 3 N–H and O–H groups in total. The smallest absolute Gasteiger partial charge is 0.303 e. The normalized spacial score (nSPS) is 47.8. The SMILES string of the molecule is NC[C@@]1(CC(=O)O)[C@@H]2C/C(=C\F)[C@@H]3CC[C@H]1[C@H]2C3. The molecule has 3 aliphatic carbocycles. The van der Waals surface area contributed by atoms with Crippen molar-refractivity contribution >= 4 is 5.97 Å². The fraction of sp³-hybridized carbons (Fsp3) is 0.786. The highest BCUT2D eigenvalue weighted by Gasteiger charge is 2.64. The lowest BCUT2D eigenvalue weighted by molar-refractivity contribution is -0.180. The van der Waals surface area contributed by atoms with Gasteiger partial charge in [-0.15, -0.1) is 0 Å². The Hall–Kier alpha value is -0.900. The van der Waals surface area contributed by atoms with Crippen LogP contribution in [0.2, 0.25) is 0 Å². The zero-order valence-corrected chi connectivity index (χ0v) is 10.4. The molecule has 0 aromatic rings. The van der Waals surface area contributed by atoms with Gasteiger partial charge in [0.25, 0.3) is 0 Å². The molecule has 0 spiro atoms. The number of rotatable bonds is 3. The molecule has 18 heavy (non-hydrogen) atoms. The number of carboxylic acid groups (broad SMARTS) is 1. The lowest BCUT2D eigenvalue weighted by Gasteiger charge is -2.67. The van der Waals surface area contributed by atoms with Crippen LogP contribution >= 0.6 is 0 Å². The van der Waals surface area contributed by atoms with Crippen LogP contribution in [-0.4, -0.2) is 17.6 Å². The Balaban J connectivity index is 1.91. The van der Waals surface area contributed by atoms with Crippen LogP contribution in [0.1, 0.15) is 32.1 Å². The Morgan fingerprint density at radius 3 is 2.89 bits per heavy atom. The lowest BCUT2D eigenvalue weighted by atomic mass is 9.37. The number of carboxylic acids is 1. The number of fused-ring (bicyclic) bond motifs is 1. The minimum absolute atomic E-state index is 0.152. The molecule has 3 rings (SSSR count). The van der Waals surface area contributed by atoms with Crippen molar-refractivity contribution in [3.05, 3.63) is 11.9 Å². The Morgan fingerprint density at radius 1 is 1.50 bits per heavy atom. The predicted octanol–water partition coefficient (Wildman–Crippen LogP) is 2.33. The van der Waals surface area contributed by atoms with Gasteiger partial charge in [-0.1, -0.05) is 0 Å². The molecule has 0 aromatic carbocycles. The summed E-state index contributed by atoms with van der Waals surface area (Å²) in [5, 5.41) is 9.14. The molecule has 0 aliphatic heterocycles. The van der Waals surface area contributed by atoms with Gasteiger partial charge >= 0.3 is 5.97 Å². The van der Waals surface area contributed by atoms with Gasteiger partial charge in [-0.25, -0.2) is 4.39 Å². The van der Waals surface area contributed by atoms with Crippen LogP contribution < -0.4 is 5.73 Å². The molecular weight excluding hydrogens is 233 g/mol. The molecule has 0 saturated heterocycles. The summed E-state index contributed by atoms with van der Waals surface area (Å²) in [5.41, 5.74) is 6.55. The molecule has 3 nitrogen and oxygen atoms in total. The van der Waals surface area contributed by atoms with Gasteiger partial charge in [0, 0.05) is 0 Å². The molecule has 0 amide bonds. The van der Waals surface area contributed by atoms with Gasteiger partial charge in [0.1, 0.15) is 0 Å². The quantitative estimate of drug-likeness (QED) is 0.811. The molecule has 4 heteroatoms. The van der Waals surface area contributed by atoms with Gasteiger partial charge in [0.2, 0.25) is 0 Å². The number of hydrogen-bond acceptors (Lipinski definition) is 2. The van der Waals surface area contributed by atoms with Crippen LogP contribution in [0.15, 0.2) is 11.9 Å². The average molecular weight is 253 g/mol. The Kier molecular flexibility index (Phi) is 2.73. The second kappa shape index (κ2) is 4.05. The van der Waals surface area contributed by atoms with Crippen molar-refractivity contribution in [2.24, 2.45) is 34.8 Å². The molecule has 3 aliphatic rings. The first-order chi connectivity index (χ1) is 8.62. The van der Waals surface area contributed by atoms with Gasteiger partial charge in [-0.3, -0.25) is 4.79 Å². The first-order valence-corrected chi connectivity index (χ1v) is 6.83. The van der Waals surface area contributed by atoms with E-state index in [1.807, 2.05) is 0 Å². The fourth-order valence-corrected chi connectivity index (χ4v) is 5.11. The highest BCUT2D eigenvalue weighted by Crippen LogP contribution is 2.68. The summed E-state index contributed by atoms with van der Waals surface area (Å²) in [6.45, 7) is 0.426. The highest BCUT2D eigenvalue weighted by atomic mass is 19.1. The summed E-state index contributed by atoms with van der Waals surface area (Å²) in [5.74, 6) is 0.990. The summed E-state index contributed by atoms with van der Waals surface area (Å²) in [6, 6.07) is 0. The highest BCUT2D eigenvalue weighted by molar-refractivity contribution is 5.68. The molecule has 3 saturated carbocycles. The van der Waals surface area contributed by atoms with Crippen molar-refractivity contribution in [3.63, 3.8) is 0 Å². The Bertz CT molecular complexity index is 409. The molecule has 0 unspecified atom stereocenters. The third-order valence-corrected chi connectivity index (χ3v) is 5.87. The van der Waals surface area contributed by atoms with E-state index >= 15 is 0 Å². The van der Waals surface area contributed by atoms with E-state index in [4.69, 9.17) is 10.8 Å². The maximum atomic E-state index is 13.0. The zero-order chi connectivity index (χ0) is 12.9. The third kappa shape index (κ3) is 1.41. The summed E-state index contributed by atoms with van der Waals surface area (Å²) in [4.78, 5) is 11.1. The van der Waals surface area contributed by atoms with Crippen molar-refractivity contribution in [3.8, 4) is 0 Å². The minimum atomic E-state index is -0.766. The summed E-state index contributed by atoms with van der Waals surface area (Å²) >= 11 is 0. The van der Waals surface area contributed by atoms with Crippen molar-refractivity contribution in [1.82, 2.24) is 0 Å². The lowest BCUT2D eigenvalue weighted by Crippen LogP contribution is -2.64. The average Bonchev–Trinajstić information content (AvgIpc) is 2.35. The second-order valence-corrected chi connectivity index (χ2v) is 6.28. The van der Waals surface area contributed by atoms with Crippen molar-refractivity contribution in [2.75, 3.05) is 6.54 Å². The summed E-state index contributed by atoms with van der Waals surface area (Å²) in [7, 11) is 0. The summed E-state index contributed by atoms with van der Waals surface area (Å²) in [6.07, 6.45) is 4.72. The molecule has 0 radical (unpaired) electrons. The van der Waals surface area contributed by atoms with Crippen molar-refractivity contribution < 1.29 is 14.3 Å². The molecular formula is C14H20FNO2. The maximum absolute atomic E-state index is 13.0. The topological polar surface area (TPSA) is 63.3 Å². The largest absolute Gasteiger partial charge is 0.481 e. The molecule has 2 bridgehead atoms. The number of halogens is 1. The van der Waals surface area contributed by atoms with Gasteiger partial charge in [-0.05, 0) is 66.9 Å². The monoisotopic (exact) mass is 253 g/mol. The van der Waals surface area contributed by atoms with Crippen LogP contribution in [0.3, 0.4) is 0 Å². The van der Waals surface area contributed by atoms with E-state index in [-0.39, 0.29) is 11.8 Å². The number of nitrogens with two attached hydrogens (primary N) is 1. The molecule has 0 aromatic heterocycles.